The number of nitrogens with zero attached hydrogens (tertiary/aromatic N) is 1. The Morgan fingerprint density at radius 2 is 2.17 bits per heavy atom. The molecule has 3 N–H and O–H groups in total. The van der Waals surface area contributed by atoms with Gasteiger partial charge < -0.3 is 15.8 Å². The molecule has 0 radical (unpaired) electrons. The monoisotopic (exact) mass is 261 g/mol. The maximum Gasteiger partial charge on any atom is 0.193 e. The predicted molar refractivity (Wildman–Crippen MR) is 76.3 cm³/mol. The van der Waals surface area contributed by atoms with Crippen LogP contribution >= 0.6 is 11.3 Å². The largest absolute Gasteiger partial charge is 0.495 e. The Hall–Kier alpha value is -2.01. The van der Waals surface area contributed by atoms with E-state index in [-0.39, 0.29) is 0 Å². The molecular weight excluding hydrogens is 246 g/mol. The smallest absolute Gasteiger partial charge is 0.193 e. The summed E-state index contributed by atoms with van der Waals surface area (Å²) in [5.41, 5.74) is 6.65. The van der Waals surface area contributed by atoms with E-state index in [4.69, 9.17) is 10.5 Å². The second kappa shape index (κ2) is 6.07. The molecule has 0 aliphatic heterocycles. The second-order valence-corrected chi connectivity index (χ2v) is 4.64. The third-order valence-corrected chi connectivity index (χ3v) is 3.22. The normalized spacial score (nSPS) is 11.3. The van der Waals surface area contributed by atoms with Gasteiger partial charge >= 0.3 is 0 Å². The van der Waals surface area contributed by atoms with E-state index in [0.29, 0.717) is 12.5 Å². The number of methoxy groups -OCH3 is 1. The SMILES string of the molecule is COc1ccccc1NC(N)=NCc1cccs1. The van der Waals surface area contributed by atoms with Gasteiger partial charge in [0.2, 0.25) is 0 Å². The standard InChI is InChI=1S/C13H15N3OS/c1-17-12-7-3-2-6-11(12)16-13(14)15-9-10-5-4-8-18-10/h2-8H,9H2,1H3,(H3,14,15,16). The average Bonchev–Trinajstić information content (AvgIpc) is 2.90. The summed E-state index contributed by atoms with van der Waals surface area (Å²) in [6.45, 7) is 0.589. The molecule has 94 valence electrons. The fourth-order valence-electron chi connectivity index (χ4n) is 1.49. The number of hydrogen-bond donors (Lipinski definition) is 2. The van der Waals surface area contributed by atoms with Crippen LogP contribution in [0.5, 0.6) is 5.75 Å². The number of hydrogen-bond acceptors (Lipinski definition) is 3. The lowest BCUT2D eigenvalue weighted by atomic mass is 10.3. The molecule has 0 saturated heterocycles. The topological polar surface area (TPSA) is 59.6 Å². The Labute approximate surface area is 110 Å². The van der Waals surface area contributed by atoms with Crippen LogP contribution in [0.15, 0.2) is 46.8 Å². The minimum atomic E-state index is 0.382. The maximum absolute atomic E-state index is 5.83. The first kappa shape index (κ1) is 12.4. The van der Waals surface area contributed by atoms with E-state index in [9.17, 15) is 0 Å². The van der Waals surface area contributed by atoms with Gasteiger partial charge in [0.05, 0.1) is 19.3 Å². The molecule has 0 aliphatic rings. The van der Waals surface area contributed by atoms with Gasteiger partial charge in [0.1, 0.15) is 5.75 Å². The molecule has 0 spiro atoms. The first-order valence-corrected chi connectivity index (χ1v) is 6.40. The van der Waals surface area contributed by atoms with E-state index in [1.165, 1.54) is 4.88 Å². The highest BCUT2D eigenvalue weighted by Gasteiger charge is 2.02. The van der Waals surface area contributed by atoms with Gasteiger partial charge in [0.25, 0.3) is 0 Å². The van der Waals surface area contributed by atoms with E-state index < -0.39 is 0 Å². The third-order valence-electron chi connectivity index (χ3n) is 2.36. The highest BCUT2D eigenvalue weighted by Crippen LogP contribution is 2.22. The fourth-order valence-corrected chi connectivity index (χ4v) is 2.12. The summed E-state index contributed by atoms with van der Waals surface area (Å²) in [6.07, 6.45) is 0. The number of para-hydroxylation sites is 2. The molecule has 0 fully saturated rings. The molecule has 1 aromatic heterocycles. The molecule has 5 heteroatoms. The quantitative estimate of drug-likeness (QED) is 0.657. The number of guanidine groups is 1. The molecule has 1 heterocycles. The number of aliphatic imine (C=N–C) groups is 1. The van der Waals surface area contributed by atoms with Crippen molar-refractivity contribution >= 4 is 23.0 Å². The molecule has 0 aliphatic carbocycles. The Kier molecular flexibility index (Phi) is 4.20. The lowest BCUT2D eigenvalue weighted by molar-refractivity contribution is 0.417. The Balaban J connectivity index is 2.02. The summed E-state index contributed by atoms with van der Waals surface area (Å²) in [5, 5.41) is 5.05. The predicted octanol–water partition coefficient (Wildman–Crippen LogP) is 2.68. The van der Waals surface area contributed by atoms with E-state index >= 15 is 0 Å². The number of thiophene rings is 1. The van der Waals surface area contributed by atoms with Crippen molar-refractivity contribution in [2.24, 2.45) is 10.7 Å². The molecule has 2 aromatic rings. The van der Waals surface area contributed by atoms with Gasteiger partial charge in [0.15, 0.2) is 5.96 Å². The summed E-state index contributed by atoms with van der Waals surface area (Å²) in [5.74, 6) is 1.12. The summed E-state index contributed by atoms with van der Waals surface area (Å²) in [7, 11) is 1.62. The van der Waals surface area contributed by atoms with Crippen molar-refractivity contribution in [3.8, 4) is 5.75 Å². The van der Waals surface area contributed by atoms with E-state index in [1.54, 1.807) is 18.4 Å². The number of benzene rings is 1. The number of ether oxygens (including phenoxy) is 1. The van der Waals surface area contributed by atoms with Crippen LogP contribution in [-0.2, 0) is 6.54 Å². The van der Waals surface area contributed by atoms with Crippen molar-refractivity contribution in [1.82, 2.24) is 0 Å². The second-order valence-electron chi connectivity index (χ2n) is 3.61. The zero-order chi connectivity index (χ0) is 12.8. The molecule has 0 unspecified atom stereocenters. The molecule has 0 saturated carbocycles. The van der Waals surface area contributed by atoms with E-state index in [1.807, 2.05) is 41.8 Å². The minimum absolute atomic E-state index is 0.382. The van der Waals surface area contributed by atoms with Crippen molar-refractivity contribution in [1.29, 1.82) is 0 Å². The lowest BCUT2D eigenvalue weighted by Gasteiger charge is -2.09. The number of anilines is 1. The van der Waals surface area contributed by atoms with Crippen LogP contribution in [-0.4, -0.2) is 13.1 Å². The van der Waals surface area contributed by atoms with E-state index in [2.05, 4.69) is 10.3 Å². The summed E-state index contributed by atoms with van der Waals surface area (Å²) >= 11 is 1.66. The molecule has 1 aromatic carbocycles. The van der Waals surface area contributed by atoms with Gasteiger partial charge in [-0.25, -0.2) is 4.99 Å². The zero-order valence-corrected chi connectivity index (χ0v) is 10.9. The lowest BCUT2D eigenvalue weighted by Crippen LogP contribution is -2.22. The Morgan fingerprint density at radius 3 is 2.89 bits per heavy atom. The van der Waals surface area contributed by atoms with Gasteiger partial charge in [0, 0.05) is 4.88 Å². The third kappa shape index (κ3) is 3.24. The molecule has 2 rings (SSSR count). The highest BCUT2D eigenvalue weighted by atomic mass is 32.1. The first-order chi connectivity index (χ1) is 8.79. The highest BCUT2D eigenvalue weighted by molar-refractivity contribution is 7.09. The van der Waals surface area contributed by atoms with Gasteiger partial charge in [-0.3, -0.25) is 0 Å². The van der Waals surface area contributed by atoms with Gasteiger partial charge in [-0.15, -0.1) is 11.3 Å². The van der Waals surface area contributed by atoms with E-state index in [0.717, 1.165) is 11.4 Å². The zero-order valence-electron chi connectivity index (χ0n) is 10.1. The number of nitrogens with one attached hydrogen (secondary N) is 1. The van der Waals surface area contributed by atoms with Crippen LogP contribution < -0.4 is 15.8 Å². The van der Waals surface area contributed by atoms with Crippen LogP contribution in [0.25, 0.3) is 0 Å². The Bertz CT molecular complexity index is 523. The summed E-state index contributed by atoms with van der Waals surface area (Å²) in [4.78, 5) is 5.46. The van der Waals surface area contributed by atoms with Gasteiger partial charge in [-0.2, -0.15) is 0 Å². The van der Waals surface area contributed by atoms with Crippen molar-refractivity contribution in [2.45, 2.75) is 6.54 Å². The number of rotatable bonds is 4. The molecule has 18 heavy (non-hydrogen) atoms. The minimum Gasteiger partial charge on any atom is -0.495 e. The van der Waals surface area contributed by atoms with Crippen molar-refractivity contribution < 1.29 is 4.74 Å². The average molecular weight is 261 g/mol. The van der Waals surface area contributed by atoms with Gasteiger partial charge in [-0.05, 0) is 23.6 Å². The van der Waals surface area contributed by atoms with Crippen molar-refractivity contribution in [3.63, 3.8) is 0 Å². The van der Waals surface area contributed by atoms with Crippen molar-refractivity contribution in [2.75, 3.05) is 12.4 Å². The summed E-state index contributed by atoms with van der Waals surface area (Å²) < 4.78 is 5.23. The van der Waals surface area contributed by atoms with Gasteiger partial charge in [-0.1, -0.05) is 18.2 Å². The number of nitrogens with two attached hydrogens (primary N) is 1. The molecule has 0 amide bonds. The summed E-state index contributed by atoms with van der Waals surface area (Å²) in [6, 6.07) is 11.6. The molecular formula is C13H15N3OS. The van der Waals surface area contributed by atoms with Crippen LogP contribution in [0, 0.1) is 0 Å². The molecule has 0 bridgehead atoms. The van der Waals surface area contributed by atoms with Crippen LogP contribution in [0.2, 0.25) is 0 Å². The van der Waals surface area contributed by atoms with Crippen molar-refractivity contribution in [3.05, 3.63) is 46.7 Å². The fraction of sp³-hybridized carbons (Fsp3) is 0.154. The van der Waals surface area contributed by atoms with Crippen LogP contribution in [0.1, 0.15) is 4.88 Å². The van der Waals surface area contributed by atoms with Crippen LogP contribution in [0.4, 0.5) is 5.69 Å². The maximum atomic E-state index is 5.83. The van der Waals surface area contributed by atoms with Crippen LogP contribution in [0.3, 0.4) is 0 Å². The molecule has 0 atom stereocenters. The Morgan fingerprint density at radius 1 is 1.33 bits per heavy atom. The molecule has 4 nitrogen and oxygen atoms in total. The first-order valence-electron chi connectivity index (χ1n) is 5.52.